The van der Waals surface area contributed by atoms with E-state index in [4.69, 9.17) is 28.3 Å². The number of hydrogen-bond donors (Lipinski definition) is 4. The summed E-state index contributed by atoms with van der Waals surface area (Å²) in [6, 6.07) is 19.3. The van der Waals surface area contributed by atoms with Gasteiger partial charge in [0.1, 0.15) is 4.90 Å². The average molecular weight is 867 g/mol. The van der Waals surface area contributed by atoms with Crippen LogP contribution in [-0.4, -0.2) is 36.4 Å². The maximum Gasteiger partial charge on any atom is 3.00 e. The molecular formula is C32H27Cl2CrN10O8S2+2. The summed E-state index contributed by atoms with van der Waals surface area (Å²) in [5, 5.41) is 53.3. The summed E-state index contributed by atoms with van der Waals surface area (Å²) in [5.74, 6) is -0.775. The second-order valence-electron chi connectivity index (χ2n) is 11.2. The smallest absolute Gasteiger partial charge is 0.871 e. The summed E-state index contributed by atoms with van der Waals surface area (Å²) in [7, 11) is -7.60. The second-order valence-corrected chi connectivity index (χ2v) is 15.4. The zero-order chi connectivity index (χ0) is 39.5. The molecule has 0 unspecified atom stereocenters. The maximum atomic E-state index is 12.6. The van der Waals surface area contributed by atoms with Crippen LogP contribution < -0.4 is 31.6 Å². The van der Waals surface area contributed by atoms with Crippen molar-refractivity contribution in [2.45, 2.75) is 23.6 Å². The van der Waals surface area contributed by atoms with Crippen LogP contribution in [0.25, 0.3) is 11.4 Å². The number of benzene rings is 4. The van der Waals surface area contributed by atoms with Crippen molar-refractivity contribution in [1.29, 1.82) is 0 Å². The van der Waals surface area contributed by atoms with Crippen LogP contribution in [0.2, 0.25) is 10.0 Å². The summed E-state index contributed by atoms with van der Waals surface area (Å²) in [6.45, 7) is 3.19. The first-order valence-corrected chi connectivity index (χ1v) is 19.0. The fraction of sp³-hybridized carbons (Fsp3) is 0.0625. The maximum absolute atomic E-state index is 12.6. The summed E-state index contributed by atoms with van der Waals surface area (Å²) in [4.78, 5) is 25.1. The van der Waals surface area contributed by atoms with Crippen molar-refractivity contribution < 1.29 is 49.5 Å². The van der Waals surface area contributed by atoms with E-state index in [2.05, 4.69) is 35.8 Å². The van der Waals surface area contributed by atoms with Gasteiger partial charge in [-0.2, -0.15) is 18.6 Å². The van der Waals surface area contributed by atoms with E-state index >= 15 is 0 Å². The number of nitrogens with one attached hydrogen (secondary N) is 2. The van der Waals surface area contributed by atoms with Gasteiger partial charge in [0, 0.05) is 10.0 Å². The third kappa shape index (κ3) is 10.0. The van der Waals surface area contributed by atoms with Crippen LogP contribution in [-0.2, 0) is 37.4 Å². The molecule has 2 aromatic heterocycles. The van der Waals surface area contributed by atoms with Crippen molar-refractivity contribution in [3.05, 3.63) is 127 Å². The topological polar surface area (TPSA) is 293 Å². The van der Waals surface area contributed by atoms with Gasteiger partial charge in [-0.1, -0.05) is 59.0 Å². The van der Waals surface area contributed by atoms with Gasteiger partial charge in [-0.05, 0) is 74.5 Å². The predicted molar refractivity (Wildman–Crippen MR) is 194 cm³/mol. The molecule has 1 radical (unpaired) electrons. The molecular weight excluding hydrogens is 839 g/mol. The van der Waals surface area contributed by atoms with Gasteiger partial charge in [0.2, 0.25) is 10.0 Å². The Kier molecular flexibility index (Phi) is 13.1. The average Bonchev–Trinajstić information content (AvgIpc) is 3.57. The molecule has 0 fully saturated rings. The molecule has 55 heavy (non-hydrogen) atoms. The number of primary sulfonamides is 1. The van der Waals surface area contributed by atoms with Crippen molar-refractivity contribution in [2.75, 3.05) is 0 Å². The van der Waals surface area contributed by atoms with Crippen molar-refractivity contribution in [2.24, 2.45) is 25.6 Å². The second kappa shape index (κ2) is 17.0. The van der Waals surface area contributed by atoms with Gasteiger partial charge in [-0.25, -0.2) is 28.1 Å². The van der Waals surface area contributed by atoms with E-state index in [1.165, 1.54) is 78.9 Å². The van der Waals surface area contributed by atoms with E-state index in [1.807, 2.05) is 0 Å². The molecule has 0 amide bonds. The molecule has 0 aliphatic carbocycles. The number of nitrogens with zero attached hydrogens (tertiary/aromatic N) is 6. The van der Waals surface area contributed by atoms with Crippen LogP contribution in [0.3, 0.4) is 0 Å². The Labute approximate surface area is 332 Å². The fourth-order valence-electron chi connectivity index (χ4n) is 4.64. The predicted octanol–water partition coefficient (Wildman–Crippen LogP) is 3.81. The van der Waals surface area contributed by atoms with E-state index in [0.29, 0.717) is 27.1 Å². The van der Waals surface area contributed by atoms with Crippen molar-refractivity contribution >= 4 is 66.0 Å². The number of halogens is 2. The van der Waals surface area contributed by atoms with Crippen LogP contribution in [0, 0.1) is 13.8 Å². The SMILES string of the molecule is Cc1[nH]n(-c2cccc(S(N)(=O)=O)c2)c(=O)c1N=Nc1cc(Cl)ccc1[O-].Cc1[nH]n(-c2cccc(S([NH3+])(=O)=O)c2)c(=O)c1N=Nc1cc(Cl)ccc1[O-].[Cr+3]. The molecule has 18 nitrogen and oxygen atoms in total. The van der Waals surface area contributed by atoms with Crippen molar-refractivity contribution in [3.8, 4) is 22.9 Å². The van der Waals surface area contributed by atoms with Crippen LogP contribution in [0.4, 0.5) is 22.7 Å². The molecule has 2 heterocycles. The minimum absolute atomic E-state index is 0. The molecule has 0 atom stereocenters. The number of azo groups is 2. The standard InChI is InChI=1S/2C16H14ClN5O4S.Cr/c2*1-9-15(20-19-13-7-10(17)5-6-14(13)23)16(24)22(21-9)11-3-2-4-12(8-11)27(18,25)26;/h2*2-8,21,23H,1H3,(H2,18,25,26);/q;;+3/p-1. The quantitative estimate of drug-likeness (QED) is 0.163. The molecule has 0 bridgehead atoms. The normalized spacial score (nSPS) is 11.7. The van der Waals surface area contributed by atoms with Gasteiger partial charge in [0.25, 0.3) is 11.1 Å². The van der Waals surface area contributed by atoms with Gasteiger partial charge >= 0.3 is 27.4 Å². The monoisotopic (exact) mass is 865 g/mol. The molecule has 0 spiro atoms. The van der Waals surface area contributed by atoms with Gasteiger partial charge in [0.15, 0.2) is 11.4 Å². The Morgan fingerprint density at radius 1 is 0.655 bits per heavy atom. The van der Waals surface area contributed by atoms with E-state index in [-0.39, 0.29) is 61.3 Å². The largest absolute Gasteiger partial charge is 3.00 e. The van der Waals surface area contributed by atoms with Gasteiger partial charge in [-0.15, -0.1) is 10.2 Å². The van der Waals surface area contributed by atoms with E-state index in [0.717, 1.165) is 9.36 Å². The Morgan fingerprint density at radius 3 is 1.45 bits per heavy atom. The third-order valence-corrected chi connectivity index (χ3v) is 9.63. The summed E-state index contributed by atoms with van der Waals surface area (Å²) >= 11 is 11.7. The molecule has 4 aromatic carbocycles. The van der Waals surface area contributed by atoms with Crippen LogP contribution in [0.15, 0.2) is 125 Å². The number of aromatic amines is 2. The van der Waals surface area contributed by atoms with Gasteiger partial charge in [0.05, 0.1) is 39.0 Å². The Morgan fingerprint density at radius 2 is 1.05 bits per heavy atom. The summed E-state index contributed by atoms with van der Waals surface area (Å²) < 4.78 is 48.5. The number of quaternary nitrogens is 1. The minimum atomic E-state index is -3.92. The molecule has 0 saturated carbocycles. The van der Waals surface area contributed by atoms with Crippen molar-refractivity contribution in [3.63, 3.8) is 0 Å². The molecule has 283 valence electrons. The van der Waals surface area contributed by atoms with Crippen LogP contribution in [0.5, 0.6) is 11.5 Å². The molecule has 0 aliphatic heterocycles. The minimum Gasteiger partial charge on any atom is -0.871 e. The number of sulfonamides is 2. The fourth-order valence-corrected chi connectivity index (χ4v) is 6.11. The number of nitrogens with two attached hydrogens (primary N) is 1. The Bertz CT molecular complexity index is 2630. The first-order valence-electron chi connectivity index (χ1n) is 15.0. The number of aryl methyl sites for hydroxylation is 2. The van der Waals surface area contributed by atoms with E-state index in [9.17, 15) is 36.6 Å². The Hall–Kier alpha value is -5.37. The first-order chi connectivity index (χ1) is 25.3. The zero-order valence-corrected chi connectivity index (χ0v) is 32.7. The van der Waals surface area contributed by atoms with Crippen molar-refractivity contribution in [1.82, 2.24) is 19.6 Å². The molecule has 6 rings (SSSR count). The summed E-state index contributed by atoms with van der Waals surface area (Å²) in [6.07, 6.45) is 0. The molecule has 7 N–H and O–H groups in total. The molecule has 0 aliphatic rings. The number of rotatable bonds is 8. The number of aromatic nitrogens is 4. The third-order valence-electron chi connectivity index (χ3n) is 7.28. The molecule has 6 aromatic rings. The number of H-pyrrole nitrogens is 2. The van der Waals surface area contributed by atoms with E-state index in [1.54, 1.807) is 19.9 Å². The van der Waals surface area contributed by atoms with Gasteiger partial charge < -0.3 is 10.2 Å². The van der Waals surface area contributed by atoms with E-state index < -0.39 is 36.9 Å². The number of hydrogen-bond acceptors (Lipinski definition) is 12. The Balaban J connectivity index is 0.000000240. The van der Waals surface area contributed by atoms with Gasteiger partial charge in [-0.3, -0.25) is 19.8 Å². The van der Waals surface area contributed by atoms with Crippen LogP contribution >= 0.6 is 23.2 Å². The molecule has 23 heteroatoms. The van der Waals surface area contributed by atoms with Crippen LogP contribution in [0.1, 0.15) is 11.4 Å². The first kappa shape index (κ1) is 42.4. The summed E-state index contributed by atoms with van der Waals surface area (Å²) in [5.41, 5.74) is 0.129. The molecule has 0 saturated heterocycles. The zero-order valence-electron chi connectivity index (χ0n) is 28.3.